The van der Waals surface area contributed by atoms with Crippen molar-refractivity contribution < 1.29 is 18.7 Å². The van der Waals surface area contributed by atoms with E-state index in [1.807, 2.05) is 12.1 Å². The van der Waals surface area contributed by atoms with Gasteiger partial charge in [-0.2, -0.15) is 0 Å². The van der Waals surface area contributed by atoms with Gasteiger partial charge in [-0.3, -0.25) is 9.59 Å². The minimum absolute atomic E-state index is 0.0198. The molecule has 1 aromatic carbocycles. The van der Waals surface area contributed by atoms with Gasteiger partial charge in [0.25, 0.3) is 5.91 Å². The zero-order valence-electron chi connectivity index (χ0n) is 14.4. The molecule has 0 atom stereocenters. The summed E-state index contributed by atoms with van der Waals surface area (Å²) in [6.07, 6.45) is 2.62. The van der Waals surface area contributed by atoms with E-state index < -0.39 is 0 Å². The van der Waals surface area contributed by atoms with E-state index in [9.17, 15) is 9.59 Å². The third-order valence-corrected chi connectivity index (χ3v) is 4.58. The fraction of sp³-hybridized carbons (Fsp3) is 0.368. The molecule has 0 bridgehead atoms. The molecule has 2 aromatic rings. The first-order valence-corrected chi connectivity index (χ1v) is 8.96. The van der Waals surface area contributed by atoms with Crippen LogP contribution in [0.4, 0.5) is 0 Å². The number of aryl methyl sites for hydroxylation is 1. The second kappa shape index (κ2) is 8.76. The molecule has 138 valence electrons. The molecule has 7 heteroatoms. The van der Waals surface area contributed by atoms with E-state index in [0.29, 0.717) is 49.8 Å². The molecule has 26 heavy (non-hydrogen) atoms. The van der Waals surface area contributed by atoms with Crippen LogP contribution in [0.25, 0.3) is 0 Å². The van der Waals surface area contributed by atoms with Crippen LogP contribution in [0.5, 0.6) is 5.75 Å². The van der Waals surface area contributed by atoms with E-state index in [1.54, 1.807) is 40.3 Å². The number of carbonyl (C=O) groups is 2. The van der Waals surface area contributed by atoms with Crippen molar-refractivity contribution in [3.05, 3.63) is 53.4 Å². The number of piperazine rings is 1. The molecule has 2 amide bonds. The van der Waals surface area contributed by atoms with Crippen molar-refractivity contribution in [3.63, 3.8) is 0 Å². The lowest BCUT2D eigenvalue weighted by molar-refractivity contribution is -0.140. The number of benzene rings is 1. The molecule has 0 aliphatic carbocycles. The number of rotatable bonds is 6. The first-order chi connectivity index (χ1) is 12.6. The van der Waals surface area contributed by atoms with Gasteiger partial charge in [-0.05, 0) is 36.4 Å². The summed E-state index contributed by atoms with van der Waals surface area (Å²) >= 11 is 5.82. The maximum Gasteiger partial charge on any atom is 0.260 e. The molecule has 2 heterocycles. The molecule has 0 saturated carbocycles. The molecule has 6 nitrogen and oxygen atoms in total. The van der Waals surface area contributed by atoms with Gasteiger partial charge in [0.15, 0.2) is 6.61 Å². The Balaban J connectivity index is 1.39. The molecule has 0 radical (unpaired) electrons. The van der Waals surface area contributed by atoms with E-state index in [0.717, 1.165) is 5.76 Å². The average molecular weight is 377 g/mol. The Bertz CT molecular complexity index is 723. The first kappa shape index (κ1) is 18.3. The van der Waals surface area contributed by atoms with Crippen molar-refractivity contribution in [2.24, 2.45) is 0 Å². The van der Waals surface area contributed by atoms with E-state index in [4.69, 9.17) is 20.8 Å². The Kier molecular flexibility index (Phi) is 6.17. The van der Waals surface area contributed by atoms with E-state index in [2.05, 4.69) is 0 Å². The lowest BCUT2D eigenvalue weighted by atomic mass is 10.2. The predicted molar refractivity (Wildman–Crippen MR) is 97.1 cm³/mol. The Morgan fingerprint density at radius 1 is 1.00 bits per heavy atom. The number of hydrogen-bond acceptors (Lipinski definition) is 4. The van der Waals surface area contributed by atoms with Crippen LogP contribution in [0.3, 0.4) is 0 Å². The van der Waals surface area contributed by atoms with Gasteiger partial charge in [0, 0.05) is 44.0 Å². The number of halogens is 1. The van der Waals surface area contributed by atoms with Crippen LogP contribution in [-0.2, 0) is 16.0 Å². The number of furan rings is 1. The van der Waals surface area contributed by atoms with Crippen molar-refractivity contribution in [1.82, 2.24) is 9.80 Å². The van der Waals surface area contributed by atoms with Gasteiger partial charge >= 0.3 is 0 Å². The summed E-state index contributed by atoms with van der Waals surface area (Å²) in [7, 11) is 0. The number of hydrogen-bond donors (Lipinski definition) is 0. The molecule has 1 saturated heterocycles. The van der Waals surface area contributed by atoms with Crippen LogP contribution in [0.15, 0.2) is 47.1 Å². The van der Waals surface area contributed by atoms with Crippen molar-refractivity contribution >= 4 is 23.4 Å². The summed E-state index contributed by atoms with van der Waals surface area (Å²) in [5, 5.41) is 0.622. The number of nitrogens with zero attached hydrogens (tertiary/aromatic N) is 2. The molecule has 0 spiro atoms. The highest BCUT2D eigenvalue weighted by Crippen LogP contribution is 2.16. The zero-order valence-corrected chi connectivity index (χ0v) is 15.2. The van der Waals surface area contributed by atoms with Crippen LogP contribution < -0.4 is 4.74 Å². The average Bonchev–Trinajstić information content (AvgIpc) is 3.19. The van der Waals surface area contributed by atoms with E-state index >= 15 is 0 Å². The van der Waals surface area contributed by atoms with Crippen LogP contribution in [-0.4, -0.2) is 54.4 Å². The zero-order chi connectivity index (χ0) is 18.4. The van der Waals surface area contributed by atoms with Crippen molar-refractivity contribution in [2.75, 3.05) is 32.8 Å². The highest BCUT2D eigenvalue weighted by Gasteiger charge is 2.24. The van der Waals surface area contributed by atoms with Gasteiger partial charge in [0.1, 0.15) is 11.5 Å². The minimum atomic E-state index is -0.0809. The summed E-state index contributed by atoms with van der Waals surface area (Å²) in [6.45, 7) is 2.12. The maximum atomic E-state index is 12.3. The van der Waals surface area contributed by atoms with Crippen LogP contribution >= 0.6 is 11.6 Å². The van der Waals surface area contributed by atoms with Crippen LogP contribution in [0.2, 0.25) is 5.02 Å². The monoisotopic (exact) mass is 376 g/mol. The van der Waals surface area contributed by atoms with Gasteiger partial charge in [0.05, 0.1) is 6.26 Å². The SMILES string of the molecule is O=C(CCc1ccco1)N1CCN(C(=O)COc2ccc(Cl)cc2)CC1. The van der Waals surface area contributed by atoms with Crippen molar-refractivity contribution in [3.8, 4) is 5.75 Å². The van der Waals surface area contributed by atoms with Gasteiger partial charge in [-0.1, -0.05) is 11.6 Å². The molecular formula is C19H21ClN2O4. The van der Waals surface area contributed by atoms with Crippen LogP contribution in [0, 0.1) is 0 Å². The molecule has 1 aliphatic rings. The lowest BCUT2D eigenvalue weighted by Crippen LogP contribution is -2.51. The van der Waals surface area contributed by atoms with Gasteiger partial charge in [-0.15, -0.1) is 0 Å². The molecule has 3 rings (SSSR count). The van der Waals surface area contributed by atoms with E-state index in [-0.39, 0.29) is 18.4 Å². The quantitative estimate of drug-likeness (QED) is 0.777. The normalized spacial score (nSPS) is 14.3. The summed E-state index contributed by atoms with van der Waals surface area (Å²) in [4.78, 5) is 28.0. The summed E-state index contributed by atoms with van der Waals surface area (Å²) in [5.74, 6) is 1.43. The van der Waals surface area contributed by atoms with E-state index in [1.165, 1.54) is 0 Å². The molecule has 0 unspecified atom stereocenters. The second-order valence-corrected chi connectivity index (χ2v) is 6.52. The topological polar surface area (TPSA) is 63.0 Å². The largest absolute Gasteiger partial charge is 0.484 e. The Hall–Kier alpha value is -2.47. The van der Waals surface area contributed by atoms with Crippen molar-refractivity contribution in [1.29, 1.82) is 0 Å². The molecule has 0 N–H and O–H groups in total. The molecule has 1 fully saturated rings. The Morgan fingerprint density at radius 2 is 1.65 bits per heavy atom. The smallest absolute Gasteiger partial charge is 0.260 e. The number of amides is 2. The predicted octanol–water partition coefficient (Wildman–Crippen LogP) is 2.62. The fourth-order valence-electron chi connectivity index (χ4n) is 2.82. The molecule has 1 aromatic heterocycles. The fourth-order valence-corrected chi connectivity index (χ4v) is 2.94. The van der Waals surface area contributed by atoms with Crippen LogP contribution in [0.1, 0.15) is 12.2 Å². The molecular weight excluding hydrogens is 356 g/mol. The standard InChI is InChI=1S/C19H21ClN2O4/c20-15-3-5-17(6-4-15)26-14-19(24)22-11-9-21(10-12-22)18(23)8-7-16-2-1-13-25-16/h1-6,13H,7-12,14H2. The lowest BCUT2D eigenvalue weighted by Gasteiger charge is -2.34. The van der Waals surface area contributed by atoms with Gasteiger partial charge in [0.2, 0.25) is 5.91 Å². The minimum Gasteiger partial charge on any atom is -0.484 e. The Labute approximate surface area is 157 Å². The number of ether oxygens (including phenoxy) is 1. The molecule has 1 aliphatic heterocycles. The first-order valence-electron chi connectivity index (χ1n) is 8.58. The van der Waals surface area contributed by atoms with Gasteiger partial charge in [-0.25, -0.2) is 0 Å². The summed E-state index contributed by atoms with van der Waals surface area (Å²) in [6, 6.07) is 10.6. The second-order valence-electron chi connectivity index (χ2n) is 6.08. The van der Waals surface area contributed by atoms with Crippen molar-refractivity contribution in [2.45, 2.75) is 12.8 Å². The third kappa shape index (κ3) is 5.02. The number of carbonyl (C=O) groups excluding carboxylic acids is 2. The van der Waals surface area contributed by atoms with Gasteiger partial charge < -0.3 is 19.0 Å². The Morgan fingerprint density at radius 3 is 2.27 bits per heavy atom. The highest BCUT2D eigenvalue weighted by atomic mass is 35.5. The maximum absolute atomic E-state index is 12.3. The summed E-state index contributed by atoms with van der Waals surface area (Å²) in [5.41, 5.74) is 0. The third-order valence-electron chi connectivity index (χ3n) is 4.33. The highest BCUT2D eigenvalue weighted by molar-refractivity contribution is 6.30. The summed E-state index contributed by atoms with van der Waals surface area (Å²) < 4.78 is 10.7.